The number of anilines is 1. The van der Waals surface area contributed by atoms with Crippen molar-refractivity contribution in [1.82, 2.24) is 4.90 Å². The Morgan fingerprint density at radius 3 is 1.81 bits per heavy atom. The van der Waals surface area contributed by atoms with Crippen LogP contribution in [0.2, 0.25) is 0 Å². The lowest BCUT2D eigenvalue weighted by molar-refractivity contribution is 0.281. The summed E-state index contributed by atoms with van der Waals surface area (Å²) in [7, 11) is 1.92. The minimum atomic E-state index is -0.319. The van der Waals surface area contributed by atoms with Crippen molar-refractivity contribution in [2.75, 3.05) is 38.1 Å². The largest absolute Gasteiger partial charge is 0.370 e. The first-order valence-electron chi connectivity index (χ1n) is 8.01. The van der Waals surface area contributed by atoms with E-state index in [0.29, 0.717) is 11.3 Å². The molecule has 0 unspecified atom stereocenters. The molecule has 120 valence electrons. The van der Waals surface area contributed by atoms with E-state index in [4.69, 9.17) is 0 Å². The van der Waals surface area contributed by atoms with Crippen molar-refractivity contribution >= 4 is 5.69 Å². The van der Waals surface area contributed by atoms with Crippen molar-refractivity contribution < 1.29 is 0 Å². The fourth-order valence-electron chi connectivity index (χ4n) is 2.81. The van der Waals surface area contributed by atoms with Gasteiger partial charge in [0.25, 0.3) is 0 Å². The summed E-state index contributed by atoms with van der Waals surface area (Å²) in [6.07, 6.45) is 2.27. The van der Waals surface area contributed by atoms with Crippen LogP contribution in [-0.2, 0) is 5.41 Å². The Balaban J connectivity index is 2.77. The summed E-state index contributed by atoms with van der Waals surface area (Å²) in [6.45, 7) is 14.2. The van der Waals surface area contributed by atoms with Gasteiger partial charge in [-0.2, -0.15) is 0 Å². The second-order valence-electron chi connectivity index (χ2n) is 6.90. The molecule has 4 heteroatoms. The maximum atomic E-state index is 11.9. The van der Waals surface area contributed by atoms with E-state index in [2.05, 4.69) is 18.7 Å². The lowest BCUT2D eigenvalue weighted by Gasteiger charge is -2.31. The zero-order valence-electron chi connectivity index (χ0n) is 14.5. The van der Waals surface area contributed by atoms with Gasteiger partial charge >= 0.3 is 0 Å². The quantitative estimate of drug-likeness (QED) is 0.689. The zero-order valence-corrected chi connectivity index (χ0v) is 14.5. The molecule has 0 amide bonds. The Kier molecular flexibility index (Phi) is 6.14. The van der Waals surface area contributed by atoms with Gasteiger partial charge in [-0.05, 0) is 31.3 Å². The van der Waals surface area contributed by atoms with Gasteiger partial charge in [0.2, 0.25) is 10.9 Å². The second-order valence-corrected chi connectivity index (χ2v) is 6.90. The van der Waals surface area contributed by atoms with Crippen LogP contribution in [0.5, 0.6) is 0 Å². The Morgan fingerprint density at radius 1 is 0.857 bits per heavy atom. The normalized spacial score (nSPS) is 12.3. The molecule has 0 aromatic heterocycles. The van der Waals surface area contributed by atoms with Gasteiger partial charge in [0.05, 0.1) is 5.69 Å². The fraction of sp³-hybridized carbons (Fsp3) is 0.765. The third kappa shape index (κ3) is 4.16. The van der Waals surface area contributed by atoms with Crippen LogP contribution in [0.25, 0.3) is 0 Å². The van der Waals surface area contributed by atoms with E-state index in [9.17, 15) is 9.59 Å². The molecule has 0 saturated carbocycles. The van der Waals surface area contributed by atoms with Crippen molar-refractivity contribution in [3.8, 4) is 0 Å². The van der Waals surface area contributed by atoms with Gasteiger partial charge < -0.3 is 9.80 Å². The average Bonchev–Trinajstić information content (AvgIpc) is 2.39. The van der Waals surface area contributed by atoms with E-state index >= 15 is 0 Å². The predicted molar refractivity (Wildman–Crippen MR) is 90.3 cm³/mol. The van der Waals surface area contributed by atoms with E-state index < -0.39 is 0 Å². The summed E-state index contributed by atoms with van der Waals surface area (Å²) in [5.74, 6) is 0. The first-order chi connectivity index (χ1) is 9.73. The molecular formula is C17H30N2O2. The number of hydrogen-bond acceptors (Lipinski definition) is 4. The minimum absolute atomic E-state index is 0.263. The summed E-state index contributed by atoms with van der Waals surface area (Å²) >= 11 is 0. The monoisotopic (exact) mass is 294 g/mol. The third-order valence-electron chi connectivity index (χ3n) is 3.85. The average molecular weight is 294 g/mol. The lowest BCUT2D eigenvalue weighted by atomic mass is 9.82. The summed E-state index contributed by atoms with van der Waals surface area (Å²) in [5.41, 5.74) is 0.428. The van der Waals surface area contributed by atoms with Crippen LogP contribution in [0.1, 0.15) is 53.0 Å². The van der Waals surface area contributed by atoms with Gasteiger partial charge in [-0.3, -0.25) is 9.59 Å². The first-order valence-corrected chi connectivity index (χ1v) is 8.01. The molecule has 1 aromatic carbocycles. The van der Waals surface area contributed by atoms with Crippen LogP contribution in [0.3, 0.4) is 0 Å². The molecule has 0 saturated heterocycles. The maximum Gasteiger partial charge on any atom is 0.249 e. The Labute approximate surface area is 128 Å². The molecule has 1 aromatic rings. The van der Waals surface area contributed by atoms with Gasteiger partial charge in [-0.25, -0.2) is 0 Å². The van der Waals surface area contributed by atoms with Crippen molar-refractivity contribution in [3.63, 3.8) is 0 Å². The van der Waals surface area contributed by atoms with Gasteiger partial charge in [0.15, 0.2) is 0 Å². The highest BCUT2D eigenvalue weighted by atomic mass is 16.2. The Bertz CT molecular complexity index is 515. The molecule has 0 aliphatic rings. The highest BCUT2D eigenvalue weighted by Crippen LogP contribution is 2.27. The maximum absolute atomic E-state index is 11.9. The Hall–Kier alpha value is -1.16. The number of nitrogens with zero attached hydrogens (tertiary/aromatic N) is 2. The number of hydrogen-bond donors (Lipinski definition) is 0. The van der Waals surface area contributed by atoms with E-state index in [1.807, 2.05) is 32.7 Å². The number of rotatable bonds is 8. The van der Waals surface area contributed by atoms with Crippen molar-refractivity contribution in [2.45, 2.75) is 52.9 Å². The molecule has 21 heavy (non-hydrogen) atoms. The molecule has 0 N–H and O–H groups in total. The van der Waals surface area contributed by atoms with Crippen molar-refractivity contribution in [3.05, 3.63) is 26.0 Å². The highest BCUT2D eigenvalue weighted by Gasteiger charge is 2.32. The van der Waals surface area contributed by atoms with E-state index in [1.165, 1.54) is 0 Å². The molecule has 0 heterocycles. The van der Waals surface area contributed by atoms with Crippen molar-refractivity contribution in [2.24, 2.45) is 0 Å². The first kappa shape index (κ1) is 17.9. The standard InChI is InChI=1S/C17H30N2O2/c1-7-9-19(10-8-2)12-11-18(6)14-13(17(3,4)5)15(20)16(14)21/h7-12H2,1-6H3. The van der Waals surface area contributed by atoms with E-state index in [1.54, 1.807) is 0 Å². The molecular weight excluding hydrogens is 264 g/mol. The molecule has 0 fully saturated rings. The van der Waals surface area contributed by atoms with Crippen LogP contribution >= 0.6 is 0 Å². The lowest BCUT2D eigenvalue weighted by Crippen LogP contribution is -2.48. The zero-order chi connectivity index (χ0) is 16.2. The van der Waals surface area contributed by atoms with Crippen LogP contribution in [0.4, 0.5) is 5.69 Å². The smallest absolute Gasteiger partial charge is 0.249 e. The third-order valence-corrected chi connectivity index (χ3v) is 3.85. The minimum Gasteiger partial charge on any atom is -0.370 e. The van der Waals surface area contributed by atoms with Crippen LogP contribution in [-0.4, -0.2) is 38.1 Å². The molecule has 0 radical (unpaired) electrons. The summed E-state index contributed by atoms with van der Waals surface area (Å²) in [4.78, 5) is 28.1. The predicted octanol–water partition coefficient (Wildman–Crippen LogP) is 2.14. The number of likely N-dealkylation sites (N-methyl/N-ethyl adjacent to an activating group) is 1. The SMILES string of the molecule is CCCN(CCC)CCN(C)c1c(C(C)(C)C)c(=O)c1=O. The summed E-state index contributed by atoms with van der Waals surface area (Å²) < 4.78 is 0. The van der Waals surface area contributed by atoms with Gasteiger partial charge in [-0.15, -0.1) is 0 Å². The van der Waals surface area contributed by atoms with Gasteiger partial charge in [0, 0.05) is 25.7 Å². The molecule has 4 nitrogen and oxygen atoms in total. The molecule has 0 spiro atoms. The Morgan fingerprint density at radius 2 is 1.38 bits per heavy atom. The molecule has 0 bridgehead atoms. The van der Waals surface area contributed by atoms with Crippen LogP contribution in [0, 0.1) is 0 Å². The molecule has 0 aliphatic carbocycles. The van der Waals surface area contributed by atoms with E-state index in [0.717, 1.165) is 39.0 Å². The summed E-state index contributed by atoms with van der Waals surface area (Å²) in [5, 5.41) is 0. The van der Waals surface area contributed by atoms with Crippen LogP contribution < -0.4 is 15.8 Å². The van der Waals surface area contributed by atoms with Gasteiger partial charge in [0.1, 0.15) is 0 Å². The molecule has 0 aliphatic heterocycles. The second kappa shape index (κ2) is 7.21. The van der Waals surface area contributed by atoms with E-state index in [-0.39, 0.29) is 16.3 Å². The topological polar surface area (TPSA) is 40.6 Å². The molecule has 0 atom stereocenters. The van der Waals surface area contributed by atoms with Gasteiger partial charge in [-0.1, -0.05) is 34.6 Å². The van der Waals surface area contributed by atoms with Crippen LogP contribution in [0.15, 0.2) is 9.59 Å². The molecule has 1 rings (SSSR count). The fourth-order valence-corrected chi connectivity index (χ4v) is 2.81. The summed E-state index contributed by atoms with van der Waals surface area (Å²) in [6, 6.07) is 0. The highest BCUT2D eigenvalue weighted by molar-refractivity contribution is 5.60. The van der Waals surface area contributed by atoms with Crippen molar-refractivity contribution in [1.29, 1.82) is 0 Å².